The van der Waals surface area contributed by atoms with Gasteiger partial charge in [0, 0.05) is 30.1 Å². The highest BCUT2D eigenvalue weighted by Gasteiger charge is 2.26. The van der Waals surface area contributed by atoms with Gasteiger partial charge in [-0.05, 0) is 19.8 Å². The highest BCUT2D eigenvalue weighted by molar-refractivity contribution is 8.00. The summed E-state index contributed by atoms with van der Waals surface area (Å²) in [7, 11) is 0. The quantitative estimate of drug-likeness (QED) is 0.926. The molecule has 0 atom stereocenters. The molecule has 0 radical (unpaired) electrons. The summed E-state index contributed by atoms with van der Waals surface area (Å²) < 4.78 is 2.46. The molecule has 2 N–H and O–H groups in total. The zero-order valence-electron chi connectivity index (χ0n) is 12.6. The van der Waals surface area contributed by atoms with Crippen LogP contribution in [0.3, 0.4) is 0 Å². The number of hydrogen-bond acceptors (Lipinski definition) is 4. The first kappa shape index (κ1) is 14.6. The Balaban J connectivity index is 2.25. The van der Waals surface area contributed by atoms with Crippen LogP contribution < -0.4 is 10.6 Å². The van der Waals surface area contributed by atoms with E-state index in [0.29, 0.717) is 4.75 Å². The van der Waals surface area contributed by atoms with E-state index in [1.165, 1.54) is 6.42 Å². The summed E-state index contributed by atoms with van der Waals surface area (Å²) in [6, 6.07) is 0. The maximum atomic E-state index is 6.25. The van der Waals surface area contributed by atoms with Crippen LogP contribution in [0.5, 0.6) is 0 Å². The SMILES string of the molecule is CCCn1nc(C)c(N)c1N1CCSC(C)(C)CC1. The van der Waals surface area contributed by atoms with E-state index in [1.807, 2.05) is 6.92 Å². The molecule has 1 aliphatic rings. The van der Waals surface area contributed by atoms with E-state index in [0.717, 1.165) is 49.0 Å². The summed E-state index contributed by atoms with van der Waals surface area (Å²) in [5.41, 5.74) is 8.07. The molecule has 0 aromatic carbocycles. The van der Waals surface area contributed by atoms with Crippen molar-refractivity contribution in [3.05, 3.63) is 5.69 Å². The van der Waals surface area contributed by atoms with Crippen molar-refractivity contribution in [2.24, 2.45) is 0 Å². The largest absolute Gasteiger partial charge is 0.394 e. The third-order valence-electron chi connectivity index (χ3n) is 3.72. The molecular formula is C14H26N4S. The molecule has 0 saturated carbocycles. The van der Waals surface area contributed by atoms with Crippen LogP contribution in [0.4, 0.5) is 11.5 Å². The zero-order valence-corrected chi connectivity index (χ0v) is 13.4. The van der Waals surface area contributed by atoms with Crippen molar-refractivity contribution >= 4 is 23.3 Å². The molecule has 2 rings (SSSR count). The van der Waals surface area contributed by atoms with E-state index in [-0.39, 0.29) is 0 Å². The van der Waals surface area contributed by atoms with Crippen molar-refractivity contribution in [1.82, 2.24) is 9.78 Å². The van der Waals surface area contributed by atoms with Gasteiger partial charge in [0.2, 0.25) is 0 Å². The van der Waals surface area contributed by atoms with Gasteiger partial charge in [0.05, 0.1) is 11.4 Å². The minimum absolute atomic E-state index is 0.369. The summed E-state index contributed by atoms with van der Waals surface area (Å²) in [5, 5.41) is 4.59. The van der Waals surface area contributed by atoms with Crippen molar-refractivity contribution < 1.29 is 0 Å². The first-order valence-electron chi connectivity index (χ1n) is 7.16. The van der Waals surface area contributed by atoms with Crippen molar-refractivity contribution in [2.45, 2.75) is 51.8 Å². The molecule has 0 aliphatic carbocycles. The Labute approximate surface area is 120 Å². The maximum absolute atomic E-state index is 6.25. The molecule has 0 unspecified atom stereocenters. The number of rotatable bonds is 3. The lowest BCUT2D eigenvalue weighted by Crippen LogP contribution is -2.30. The smallest absolute Gasteiger partial charge is 0.150 e. The number of thioether (sulfide) groups is 1. The van der Waals surface area contributed by atoms with Gasteiger partial charge in [-0.15, -0.1) is 0 Å². The van der Waals surface area contributed by atoms with Crippen LogP contribution in [0.25, 0.3) is 0 Å². The first-order valence-corrected chi connectivity index (χ1v) is 8.15. The lowest BCUT2D eigenvalue weighted by molar-refractivity contribution is 0.575. The fourth-order valence-corrected chi connectivity index (χ4v) is 3.62. The van der Waals surface area contributed by atoms with Gasteiger partial charge >= 0.3 is 0 Å². The molecule has 1 saturated heterocycles. The summed E-state index contributed by atoms with van der Waals surface area (Å²) in [5.74, 6) is 2.29. The molecule has 1 aliphatic heterocycles. The summed E-state index contributed by atoms with van der Waals surface area (Å²) in [6.07, 6.45) is 2.27. The van der Waals surface area contributed by atoms with E-state index in [2.05, 4.69) is 47.2 Å². The maximum Gasteiger partial charge on any atom is 0.150 e. The van der Waals surface area contributed by atoms with Crippen molar-refractivity contribution in [2.75, 3.05) is 29.5 Å². The minimum Gasteiger partial charge on any atom is -0.394 e. The predicted molar refractivity (Wildman–Crippen MR) is 85.0 cm³/mol. The Kier molecular flexibility index (Phi) is 4.33. The van der Waals surface area contributed by atoms with Gasteiger partial charge < -0.3 is 10.6 Å². The molecule has 1 fully saturated rings. The molecule has 108 valence electrons. The van der Waals surface area contributed by atoms with Crippen LogP contribution in [0, 0.1) is 6.92 Å². The lowest BCUT2D eigenvalue weighted by atomic mass is 10.1. The third kappa shape index (κ3) is 3.19. The number of hydrogen-bond donors (Lipinski definition) is 1. The lowest BCUT2D eigenvalue weighted by Gasteiger charge is -2.25. The number of anilines is 2. The Morgan fingerprint density at radius 3 is 2.79 bits per heavy atom. The second kappa shape index (κ2) is 5.65. The fourth-order valence-electron chi connectivity index (χ4n) is 2.52. The molecule has 2 heterocycles. The summed E-state index contributed by atoms with van der Waals surface area (Å²) in [6.45, 7) is 11.9. The average Bonchev–Trinajstić information content (AvgIpc) is 2.50. The van der Waals surface area contributed by atoms with Crippen LogP contribution in [0.2, 0.25) is 0 Å². The first-order chi connectivity index (χ1) is 8.94. The number of nitrogens with two attached hydrogens (primary N) is 1. The van der Waals surface area contributed by atoms with E-state index in [9.17, 15) is 0 Å². The molecule has 5 heteroatoms. The molecule has 4 nitrogen and oxygen atoms in total. The van der Waals surface area contributed by atoms with Crippen LogP contribution >= 0.6 is 11.8 Å². The van der Waals surface area contributed by atoms with Crippen LogP contribution in [0.15, 0.2) is 0 Å². The van der Waals surface area contributed by atoms with Crippen LogP contribution in [-0.2, 0) is 6.54 Å². The van der Waals surface area contributed by atoms with E-state index >= 15 is 0 Å². The average molecular weight is 282 g/mol. The molecule has 0 amide bonds. The van der Waals surface area contributed by atoms with E-state index < -0.39 is 0 Å². The number of aromatic nitrogens is 2. The van der Waals surface area contributed by atoms with Gasteiger partial charge in [-0.3, -0.25) is 0 Å². The predicted octanol–water partition coefficient (Wildman–Crippen LogP) is 2.91. The molecular weight excluding hydrogens is 256 g/mol. The molecule has 0 bridgehead atoms. The van der Waals surface area contributed by atoms with Crippen molar-refractivity contribution in [3.8, 4) is 0 Å². The Hall–Kier alpha value is -0.840. The van der Waals surface area contributed by atoms with Gasteiger partial charge in [0.25, 0.3) is 0 Å². The van der Waals surface area contributed by atoms with Gasteiger partial charge in [0.1, 0.15) is 0 Å². The zero-order chi connectivity index (χ0) is 14.0. The Morgan fingerprint density at radius 1 is 1.37 bits per heavy atom. The van der Waals surface area contributed by atoms with Crippen molar-refractivity contribution in [3.63, 3.8) is 0 Å². The highest BCUT2D eigenvalue weighted by Crippen LogP contribution is 2.34. The molecule has 1 aromatic rings. The second-order valence-electron chi connectivity index (χ2n) is 5.89. The summed E-state index contributed by atoms with van der Waals surface area (Å²) in [4.78, 5) is 2.42. The van der Waals surface area contributed by atoms with Crippen LogP contribution in [0.1, 0.15) is 39.3 Å². The van der Waals surface area contributed by atoms with Gasteiger partial charge in [0.15, 0.2) is 5.82 Å². The van der Waals surface area contributed by atoms with Gasteiger partial charge in [-0.25, -0.2) is 4.68 Å². The molecule has 0 spiro atoms. The standard InChI is InChI=1S/C14H26N4S/c1-5-7-18-13(12(15)11(2)16-18)17-8-6-14(3,4)19-10-9-17/h5-10,15H2,1-4H3. The molecule has 19 heavy (non-hydrogen) atoms. The Morgan fingerprint density at radius 2 is 2.11 bits per heavy atom. The normalized spacial score (nSPS) is 19.5. The van der Waals surface area contributed by atoms with Gasteiger partial charge in [-0.2, -0.15) is 16.9 Å². The molecule has 1 aromatic heterocycles. The number of nitrogens with zero attached hydrogens (tertiary/aromatic N) is 3. The fraction of sp³-hybridized carbons (Fsp3) is 0.786. The number of nitrogen functional groups attached to an aromatic ring is 1. The third-order valence-corrected chi connectivity index (χ3v) is 5.09. The van der Waals surface area contributed by atoms with Crippen LogP contribution in [-0.4, -0.2) is 33.4 Å². The monoisotopic (exact) mass is 282 g/mol. The Bertz CT molecular complexity index is 439. The minimum atomic E-state index is 0.369. The second-order valence-corrected chi connectivity index (χ2v) is 7.69. The van der Waals surface area contributed by atoms with Gasteiger partial charge in [-0.1, -0.05) is 20.8 Å². The van der Waals surface area contributed by atoms with E-state index in [1.54, 1.807) is 0 Å². The summed E-state index contributed by atoms with van der Waals surface area (Å²) >= 11 is 2.06. The highest BCUT2D eigenvalue weighted by atomic mass is 32.2. The van der Waals surface area contributed by atoms with Crippen molar-refractivity contribution in [1.29, 1.82) is 0 Å². The van der Waals surface area contributed by atoms with E-state index in [4.69, 9.17) is 5.73 Å². The topological polar surface area (TPSA) is 47.1 Å². The number of aryl methyl sites for hydroxylation is 2.